The van der Waals surface area contributed by atoms with E-state index in [0.29, 0.717) is 39.4 Å². The number of halogens is 1. The van der Waals surface area contributed by atoms with Crippen LogP contribution in [-0.2, 0) is 4.79 Å². The Bertz CT molecular complexity index is 1270. The molecular weight excluding hydrogens is 421 g/mol. The number of aromatic nitrogens is 3. The fourth-order valence-corrected chi connectivity index (χ4v) is 3.51. The van der Waals surface area contributed by atoms with Crippen molar-refractivity contribution in [2.75, 3.05) is 10.6 Å². The van der Waals surface area contributed by atoms with E-state index in [4.69, 9.17) is 4.52 Å². The van der Waals surface area contributed by atoms with Gasteiger partial charge in [-0.1, -0.05) is 5.16 Å². The van der Waals surface area contributed by atoms with Gasteiger partial charge in [0.2, 0.25) is 5.91 Å². The molecule has 0 aliphatic rings. The number of rotatable bonds is 5. The van der Waals surface area contributed by atoms with Crippen LogP contribution in [0.5, 0.6) is 0 Å². The zero-order valence-electron chi connectivity index (χ0n) is 16.5. The van der Waals surface area contributed by atoms with Crippen LogP contribution in [-0.4, -0.2) is 26.9 Å². The molecule has 0 spiro atoms. The largest absolute Gasteiger partial charge is 0.334 e. The molecule has 0 aliphatic carbocycles. The van der Waals surface area contributed by atoms with Gasteiger partial charge in [-0.25, -0.2) is 9.37 Å². The third-order valence-corrected chi connectivity index (χ3v) is 4.97. The van der Waals surface area contributed by atoms with Gasteiger partial charge in [-0.3, -0.25) is 14.9 Å². The summed E-state index contributed by atoms with van der Waals surface area (Å²) in [4.78, 5) is 32.0. The lowest BCUT2D eigenvalue weighted by Gasteiger charge is -2.05. The Morgan fingerprint density at radius 1 is 1.06 bits per heavy atom. The van der Waals surface area contributed by atoms with Crippen molar-refractivity contribution in [3.8, 4) is 22.7 Å². The molecule has 0 atom stereocenters. The highest BCUT2D eigenvalue weighted by molar-refractivity contribution is 7.14. The minimum Gasteiger partial charge on any atom is -0.334 e. The first-order chi connectivity index (χ1) is 14.9. The molecule has 0 saturated carbocycles. The van der Waals surface area contributed by atoms with E-state index in [1.165, 1.54) is 30.4 Å². The van der Waals surface area contributed by atoms with Crippen molar-refractivity contribution >= 4 is 34.0 Å². The summed E-state index contributed by atoms with van der Waals surface area (Å²) in [6, 6.07) is 11.0. The van der Waals surface area contributed by atoms with Crippen molar-refractivity contribution < 1.29 is 18.5 Å². The smallest absolute Gasteiger partial charge is 0.257 e. The molecule has 31 heavy (non-hydrogen) atoms. The molecule has 156 valence electrons. The molecule has 4 aromatic rings. The first kappa shape index (κ1) is 20.4. The van der Waals surface area contributed by atoms with Gasteiger partial charge in [0.25, 0.3) is 11.8 Å². The Balaban J connectivity index is 1.46. The van der Waals surface area contributed by atoms with Gasteiger partial charge in [0, 0.05) is 34.7 Å². The van der Waals surface area contributed by atoms with Crippen molar-refractivity contribution in [1.82, 2.24) is 15.1 Å². The zero-order chi connectivity index (χ0) is 22.0. The van der Waals surface area contributed by atoms with Gasteiger partial charge >= 0.3 is 0 Å². The van der Waals surface area contributed by atoms with Crippen LogP contribution in [0, 0.1) is 12.7 Å². The Morgan fingerprint density at radius 2 is 1.84 bits per heavy atom. The van der Waals surface area contributed by atoms with Crippen LogP contribution >= 0.6 is 11.3 Å². The van der Waals surface area contributed by atoms with Crippen molar-refractivity contribution in [3.05, 3.63) is 65.0 Å². The number of nitrogens with zero attached hydrogens (tertiary/aromatic N) is 3. The maximum Gasteiger partial charge on any atom is 0.257 e. The molecule has 0 unspecified atom stereocenters. The van der Waals surface area contributed by atoms with E-state index in [-0.39, 0.29) is 17.4 Å². The van der Waals surface area contributed by atoms with Crippen LogP contribution in [0.3, 0.4) is 0 Å². The van der Waals surface area contributed by atoms with Gasteiger partial charge in [-0.15, -0.1) is 11.3 Å². The molecular formula is C21H16FN5O3S. The summed E-state index contributed by atoms with van der Waals surface area (Å²) in [6.45, 7) is 3.07. The van der Waals surface area contributed by atoms with Crippen LogP contribution < -0.4 is 10.6 Å². The van der Waals surface area contributed by atoms with Crippen molar-refractivity contribution in [2.24, 2.45) is 0 Å². The first-order valence-corrected chi connectivity index (χ1v) is 10.0. The molecule has 0 saturated heterocycles. The lowest BCUT2D eigenvalue weighted by molar-refractivity contribution is -0.114. The standard InChI is InChI=1S/C21H16FN5O3S/c1-11-23-20(30-27-11)14-5-3-13(4-6-14)19(29)26-21-25-18(10-31-21)16-8-7-15(9-17(16)22)24-12(2)28/h3-10H,1-2H3,(H,24,28)(H,25,26,29). The molecule has 10 heteroatoms. The topological polar surface area (TPSA) is 110 Å². The Hall–Kier alpha value is -3.92. The minimum absolute atomic E-state index is 0.269. The van der Waals surface area contributed by atoms with Gasteiger partial charge in [-0.05, 0) is 49.4 Å². The summed E-state index contributed by atoms with van der Waals surface area (Å²) in [6.07, 6.45) is 0. The average molecular weight is 437 g/mol. The predicted molar refractivity (Wildman–Crippen MR) is 114 cm³/mol. The predicted octanol–water partition coefficient (Wildman–Crippen LogP) is 4.52. The van der Waals surface area contributed by atoms with Gasteiger partial charge in [0.15, 0.2) is 11.0 Å². The molecule has 8 nitrogen and oxygen atoms in total. The number of aryl methyl sites for hydroxylation is 1. The van der Waals surface area contributed by atoms with E-state index in [0.717, 1.165) is 0 Å². The Morgan fingerprint density at radius 3 is 2.48 bits per heavy atom. The lowest BCUT2D eigenvalue weighted by atomic mass is 10.1. The van der Waals surface area contributed by atoms with E-state index < -0.39 is 5.82 Å². The Labute approximate surface area is 180 Å². The maximum atomic E-state index is 14.4. The number of thiazole rings is 1. The number of carbonyl (C=O) groups excluding carboxylic acids is 2. The van der Waals surface area contributed by atoms with Crippen molar-refractivity contribution in [3.63, 3.8) is 0 Å². The first-order valence-electron chi connectivity index (χ1n) is 9.14. The molecule has 0 aliphatic heterocycles. The second-order valence-electron chi connectivity index (χ2n) is 6.59. The number of hydrogen-bond donors (Lipinski definition) is 2. The highest BCUT2D eigenvalue weighted by Crippen LogP contribution is 2.29. The molecule has 2 heterocycles. The fourth-order valence-electron chi connectivity index (χ4n) is 2.81. The molecule has 0 radical (unpaired) electrons. The third kappa shape index (κ3) is 4.64. The van der Waals surface area contributed by atoms with Crippen LogP contribution in [0.15, 0.2) is 52.4 Å². The lowest BCUT2D eigenvalue weighted by Crippen LogP contribution is -2.11. The van der Waals surface area contributed by atoms with Gasteiger partial charge in [0.05, 0.1) is 5.69 Å². The molecule has 0 fully saturated rings. The highest BCUT2D eigenvalue weighted by atomic mass is 32.1. The molecule has 0 bridgehead atoms. The highest BCUT2D eigenvalue weighted by Gasteiger charge is 2.14. The van der Waals surface area contributed by atoms with E-state index >= 15 is 0 Å². The van der Waals surface area contributed by atoms with Crippen LogP contribution in [0.2, 0.25) is 0 Å². The number of amides is 2. The average Bonchev–Trinajstić information content (AvgIpc) is 3.37. The summed E-state index contributed by atoms with van der Waals surface area (Å²) < 4.78 is 19.5. The summed E-state index contributed by atoms with van der Waals surface area (Å²) in [5.74, 6) is -0.263. The monoisotopic (exact) mass is 437 g/mol. The summed E-state index contributed by atoms with van der Waals surface area (Å²) >= 11 is 1.18. The third-order valence-electron chi connectivity index (χ3n) is 4.21. The van der Waals surface area contributed by atoms with E-state index in [2.05, 4.69) is 25.8 Å². The van der Waals surface area contributed by atoms with Gasteiger partial charge in [-0.2, -0.15) is 4.98 Å². The SMILES string of the molecule is CC(=O)Nc1ccc(-c2csc(NC(=O)c3ccc(-c4nc(C)no4)cc3)n2)c(F)c1. The second-order valence-corrected chi connectivity index (χ2v) is 7.45. The summed E-state index contributed by atoms with van der Waals surface area (Å²) in [5, 5.41) is 10.9. The van der Waals surface area contributed by atoms with Gasteiger partial charge in [0.1, 0.15) is 5.82 Å². The van der Waals surface area contributed by atoms with Crippen LogP contribution in [0.4, 0.5) is 15.2 Å². The summed E-state index contributed by atoms with van der Waals surface area (Å²) in [5.41, 5.74) is 2.13. The number of hydrogen-bond acceptors (Lipinski definition) is 7. The summed E-state index contributed by atoms with van der Waals surface area (Å²) in [7, 11) is 0. The minimum atomic E-state index is -0.527. The number of nitrogens with one attached hydrogen (secondary N) is 2. The van der Waals surface area contributed by atoms with Crippen LogP contribution in [0.1, 0.15) is 23.1 Å². The van der Waals surface area contributed by atoms with Crippen molar-refractivity contribution in [1.29, 1.82) is 0 Å². The second kappa shape index (κ2) is 8.44. The maximum absolute atomic E-state index is 14.4. The van der Waals surface area contributed by atoms with E-state index in [9.17, 15) is 14.0 Å². The molecule has 2 N–H and O–H groups in total. The molecule has 2 aromatic carbocycles. The zero-order valence-corrected chi connectivity index (χ0v) is 17.3. The quantitative estimate of drug-likeness (QED) is 0.475. The number of benzene rings is 2. The van der Waals surface area contributed by atoms with E-state index in [1.807, 2.05) is 0 Å². The number of carbonyl (C=O) groups is 2. The molecule has 2 aromatic heterocycles. The Kier molecular flexibility index (Phi) is 5.54. The van der Waals surface area contributed by atoms with Crippen LogP contribution in [0.25, 0.3) is 22.7 Å². The van der Waals surface area contributed by atoms with Crippen molar-refractivity contribution in [2.45, 2.75) is 13.8 Å². The van der Waals surface area contributed by atoms with Gasteiger partial charge < -0.3 is 9.84 Å². The molecule has 4 rings (SSSR count). The fraction of sp³-hybridized carbons (Fsp3) is 0.0952. The molecule has 2 amide bonds. The van der Waals surface area contributed by atoms with E-state index in [1.54, 1.807) is 42.6 Å². The number of anilines is 2. The normalized spacial score (nSPS) is 10.7.